The van der Waals surface area contributed by atoms with E-state index in [2.05, 4.69) is 34.7 Å². The molecule has 2 nitrogen and oxygen atoms in total. The smallest absolute Gasteiger partial charge is 0.0330 e. The Kier molecular flexibility index (Phi) is 4.57. The minimum atomic E-state index is 0.773. The first-order valence-corrected chi connectivity index (χ1v) is 8.74. The predicted molar refractivity (Wildman–Crippen MR) is 82.6 cm³/mol. The summed E-state index contributed by atoms with van der Waals surface area (Å²) in [5.41, 5.74) is 0. The molecule has 3 heteroatoms. The van der Waals surface area contributed by atoms with E-state index in [0.29, 0.717) is 0 Å². The van der Waals surface area contributed by atoms with Crippen LogP contribution in [0, 0.1) is 5.92 Å². The molecule has 1 aromatic heterocycles. The minimum Gasteiger partial charge on any atom is -0.314 e. The van der Waals surface area contributed by atoms with Gasteiger partial charge in [-0.3, -0.25) is 4.90 Å². The highest BCUT2D eigenvalue weighted by molar-refractivity contribution is 7.09. The fraction of sp³-hybridized carbons (Fsp3) is 0.750. The topological polar surface area (TPSA) is 15.3 Å². The first-order chi connectivity index (χ1) is 9.36. The van der Waals surface area contributed by atoms with Crippen molar-refractivity contribution >= 4 is 11.3 Å². The number of rotatable bonds is 7. The van der Waals surface area contributed by atoms with Crippen molar-refractivity contribution in [3.8, 4) is 0 Å². The molecule has 0 saturated heterocycles. The normalized spacial score (nSPS) is 27.3. The average Bonchev–Trinajstić information content (AvgIpc) is 2.96. The summed E-state index contributed by atoms with van der Waals surface area (Å²) in [6.07, 6.45) is 7.06. The Hall–Kier alpha value is -0.380. The van der Waals surface area contributed by atoms with Crippen LogP contribution in [0.25, 0.3) is 0 Å². The van der Waals surface area contributed by atoms with E-state index in [-0.39, 0.29) is 0 Å². The fourth-order valence-corrected chi connectivity index (χ4v) is 4.20. The van der Waals surface area contributed by atoms with E-state index in [1.54, 1.807) is 0 Å². The molecule has 0 radical (unpaired) electrons. The maximum Gasteiger partial charge on any atom is 0.0330 e. The third-order valence-electron chi connectivity index (χ3n) is 4.60. The second-order valence-corrected chi connectivity index (χ2v) is 7.13. The SMILES string of the molecule is CCNC1CCCC1CN(Cc1cccs1)C1CC1. The van der Waals surface area contributed by atoms with Crippen molar-refractivity contribution in [2.45, 2.75) is 57.7 Å². The molecule has 106 valence electrons. The number of nitrogens with zero attached hydrogens (tertiary/aromatic N) is 1. The average molecular weight is 278 g/mol. The van der Waals surface area contributed by atoms with Crippen LogP contribution in [-0.4, -0.2) is 30.1 Å². The summed E-state index contributed by atoms with van der Waals surface area (Å²) >= 11 is 1.91. The number of hydrogen-bond acceptors (Lipinski definition) is 3. The van der Waals surface area contributed by atoms with Gasteiger partial charge in [-0.25, -0.2) is 0 Å². The molecule has 2 fully saturated rings. The molecular formula is C16H26N2S. The summed E-state index contributed by atoms with van der Waals surface area (Å²) in [5.74, 6) is 0.875. The van der Waals surface area contributed by atoms with E-state index < -0.39 is 0 Å². The van der Waals surface area contributed by atoms with Gasteiger partial charge in [-0.1, -0.05) is 19.4 Å². The molecule has 2 saturated carbocycles. The van der Waals surface area contributed by atoms with E-state index in [9.17, 15) is 0 Å². The molecule has 0 aromatic carbocycles. The molecule has 1 aromatic rings. The molecule has 0 bridgehead atoms. The molecule has 1 N–H and O–H groups in total. The summed E-state index contributed by atoms with van der Waals surface area (Å²) in [6, 6.07) is 6.12. The number of thiophene rings is 1. The summed E-state index contributed by atoms with van der Waals surface area (Å²) in [6.45, 7) is 5.84. The van der Waals surface area contributed by atoms with Crippen molar-refractivity contribution < 1.29 is 0 Å². The summed E-state index contributed by atoms with van der Waals surface area (Å²) < 4.78 is 0. The second-order valence-electron chi connectivity index (χ2n) is 6.10. The zero-order chi connectivity index (χ0) is 13.1. The highest BCUT2D eigenvalue weighted by Crippen LogP contribution is 2.33. The van der Waals surface area contributed by atoms with Gasteiger partial charge >= 0.3 is 0 Å². The molecule has 2 aliphatic rings. The Morgan fingerprint density at radius 3 is 2.89 bits per heavy atom. The van der Waals surface area contributed by atoms with E-state index >= 15 is 0 Å². The van der Waals surface area contributed by atoms with Crippen LogP contribution in [0.3, 0.4) is 0 Å². The minimum absolute atomic E-state index is 0.773. The van der Waals surface area contributed by atoms with Gasteiger partial charge in [0.2, 0.25) is 0 Å². The monoisotopic (exact) mass is 278 g/mol. The highest BCUT2D eigenvalue weighted by Gasteiger charge is 2.34. The molecular weight excluding hydrogens is 252 g/mol. The van der Waals surface area contributed by atoms with Gasteiger partial charge in [0.05, 0.1) is 0 Å². The van der Waals surface area contributed by atoms with Crippen molar-refractivity contribution in [3.05, 3.63) is 22.4 Å². The largest absolute Gasteiger partial charge is 0.314 e. The first kappa shape index (κ1) is 13.6. The van der Waals surface area contributed by atoms with Gasteiger partial charge in [-0.15, -0.1) is 11.3 Å². The molecule has 2 unspecified atom stereocenters. The van der Waals surface area contributed by atoms with Crippen LogP contribution in [0.15, 0.2) is 17.5 Å². The van der Waals surface area contributed by atoms with Gasteiger partial charge in [0.25, 0.3) is 0 Å². The molecule has 0 spiro atoms. The zero-order valence-electron chi connectivity index (χ0n) is 12.0. The zero-order valence-corrected chi connectivity index (χ0v) is 12.8. The van der Waals surface area contributed by atoms with Crippen molar-refractivity contribution in [2.24, 2.45) is 5.92 Å². The van der Waals surface area contributed by atoms with E-state index in [1.165, 1.54) is 50.1 Å². The Balaban J connectivity index is 1.58. The lowest BCUT2D eigenvalue weighted by molar-refractivity contribution is 0.199. The molecule has 3 rings (SSSR count). The second kappa shape index (κ2) is 6.38. The summed E-state index contributed by atoms with van der Waals surface area (Å²) in [5, 5.41) is 5.90. The van der Waals surface area contributed by atoms with Gasteiger partial charge in [0.15, 0.2) is 0 Å². The Morgan fingerprint density at radius 1 is 1.32 bits per heavy atom. The third-order valence-corrected chi connectivity index (χ3v) is 5.46. The van der Waals surface area contributed by atoms with Crippen LogP contribution in [-0.2, 0) is 6.54 Å². The van der Waals surface area contributed by atoms with Crippen LogP contribution in [0.4, 0.5) is 0 Å². The third kappa shape index (κ3) is 3.59. The quantitative estimate of drug-likeness (QED) is 0.821. The lowest BCUT2D eigenvalue weighted by Gasteiger charge is -2.28. The van der Waals surface area contributed by atoms with Crippen LogP contribution in [0.1, 0.15) is 43.9 Å². The Labute approximate surface area is 121 Å². The Morgan fingerprint density at radius 2 is 2.21 bits per heavy atom. The molecule has 19 heavy (non-hydrogen) atoms. The van der Waals surface area contributed by atoms with Crippen molar-refractivity contribution in [1.82, 2.24) is 10.2 Å². The number of hydrogen-bond donors (Lipinski definition) is 1. The molecule has 0 amide bonds. The van der Waals surface area contributed by atoms with Crippen molar-refractivity contribution in [1.29, 1.82) is 0 Å². The molecule has 2 aliphatic carbocycles. The standard InChI is InChI=1S/C16H26N2S/c1-2-17-16-7-3-5-13(16)11-18(14-8-9-14)12-15-6-4-10-19-15/h4,6,10,13-14,16-17H,2-3,5,7-9,11-12H2,1H3. The van der Waals surface area contributed by atoms with E-state index in [4.69, 9.17) is 0 Å². The summed E-state index contributed by atoms with van der Waals surface area (Å²) in [7, 11) is 0. The first-order valence-electron chi connectivity index (χ1n) is 7.86. The van der Waals surface area contributed by atoms with Crippen molar-refractivity contribution in [2.75, 3.05) is 13.1 Å². The highest BCUT2D eigenvalue weighted by atomic mass is 32.1. The maximum absolute atomic E-state index is 3.69. The fourth-order valence-electron chi connectivity index (χ4n) is 3.47. The van der Waals surface area contributed by atoms with Gasteiger partial charge in [-0.2, -0.15) is 0 Å². The van der Waals surface area contributed by atoms with Gasteiger partial charge < -0.3 is 5.32 Å². The molecule has 1 heterocycles. The van der Waals surface area contributed by atoms with E-state index in [1.807, 2.05) is 11.3 Å². The summed E-state index contributed by atoms with van der Waals surface area (Å²) in [4.78, 5) is 4.29. The maximum atomic E-state index is 3.69. The van der Waals surface area contributed by atoms with Crippen molar-refractivity contribution in [3.63, 3.8) is 0 Å². The van der Waals surface area contributed by atoms with Gasteiger partial charge in [0, 0.05) is 30.1 Å². The molecule has 0 aliphatic heterocycles. The Bertz CT molecular complexity index is 372. The molecule has 2 atom stereocenters. The lowest BCUT2D eigenvalue weighted by atomic mass is 10.0. The van der Waals surface area contributed by atoms with Crippen LogP contribution < -0.4 is 5.32 Å². The number of nitrogens with one attached hydrogen (secondary N) is 1. The van der Waals surface area contributed by atoms with Gasteiger partial charge in [-0.05, 0) is 49.6 Å². The lowest BCUT2D eigenvalue weighted by Crippen LogP contribution is -2.39. The predicted octanol–water partition coefficient (Wildman–Crippen LogP) is 3.49. The van der Waals surface area contributed by atoms with Crippen LogP contribution in [0.2, 0.25) is 0 Å². The van der Waals surface area contributed by atoms with Crippen LogP contribution >= 0.6 is 11.3 Å². The van der Waals surface area contributed by atoms with Gasteiger partial charge in [0.1, 0.15) is 0 Å². The van der Waals surface area contributed by atoms with Crippen LogP contribution in [0.5, 0.6) is 0 Å². The van der Waals surface area contributed by atoms with E-state index in [0.717, 1.165) is 24.5 Å².